The van der Waals surface area contributed by atoms with E-state index in [1.54, 1.807) is 31.2 Å². The number of benzene rings is 2. The molecule has 2 aromatic rings. The number of carbonyl (C=O) groups excluding carboxylic acids is 3. The first-order chi connectivity index (χ1) is 22.2. The molecular formula is C36H48Cl2N2O7. The predicted octanol–water partition coefficient (Wildman–Crippen LogP) is 5.80. The number of aliphatic hydroxyl groups is 1. The van der Waals surface area contributed by atoms with Crippen LogP contribution in [-0.2, 0) is 30.3 Å². The van der Waals surface area contributed by atoms with E-state index in [9.17, 15) is 19.5 Å². The molecule has 258 valence electrons. The molecule has 0 bridgehead atoms. The van der Waals surface area contributed by atoms with Crippen molar-refractivity contribution in [1.29, 1.82) is 0 Å². The maximum atomic E-state index is 13.6. The van der Waals surface area contributed by atoms with Crippen LogP contribution in [0.5, 0.6) is 5.75 Å². The van der Waals surface area contributed by atoms with Gasteiger partial charge in [-0.15, -0.1) is 11.6 Å². The Morgan fingerprint density at radius 3 is 2.43 bits per heavy atom. The summed E-state index contributed by atoms with van der Waals surface area (Å²) in [5, 5.41) is 16.7. The van der Waals surface area contributed by atoms with Crippen molar-refractivity contribution in [3.8, 4) is 5.75 Å². The zero-order chi connectivity index (χ0) is 34.7. The lowest BCUT2D eigenvalue weighted by atomic mass is 9.90. The van der Waals surface area contributed by atoms with Crippen LogP contribution in [0.4, 0.5) is 0 Å². The van der Waals surface area contributed by atoms with E-state index in [1.165, 1.54) is 13.2 Å². The molecule has 1 heterocycles. The van der Waals surface area contributed by atoms with Gasteiger partial charge in [-0.25, -0.2) is 4.79 Å². The standard InChI is InChI=1S/C36H48Cl2N2O7/c1-22(2)17-30-35(44)47-28(23(3)33(42)32(38)25-11-8-7-9-12-25)13-10-14-31(41)40-27(34(43)39-20-36(4,5)21-46-30)19-24-15-16-29(45-6)26(37)18-24/h7-12,14-16,18,22-23,27-28,30,32-33,42H,13,17,19-21H2,1-6H3,(H,39,43)(H,40,41)/b14-10+/t23-,27?,28-,30-,32-,33+/m0/s1. The largest absolute Gasteiger partial charge is 0.495 e. The fourth-order valence-electron chi connectivity index (χ4n) is 5.21. The van der Waals surface area contributed by atoms with E-state index in [0.29, 0.717) is 17.2 Å². The van der Waals surface area contributed by atoms with Crippen molar-refractivity contribution < 1.29 is 33.7 Å². The third kappa shape index (κ3) is 11.8. The lowest BCUT2D eigenvalue weighted by molar-refractivity contribution is -0.170. The van der Waals surface area contributed by atoms with Crippen LogP contribution in [0.25, 0.3) is 0 Å². The SMILES string of the molecule is COc1ccc(CC2NC(=O)/C=C/C[C@@H]([C@H](C)[C@@H](O)[C@@H](Cl)c3ccccc3)OC(=O)[C@H](CC(C)C)OCC(C)(C)CNC2=O)cc1Cl. The average molecular weight is 692 g/mol. The number of nitrogens with one attached hydrogen (secondary N) is 2. The number of amides is 2. The first-order valence-corrected chi connectivity index (χ1v) is 16.8. The van der Waals surface area contributed by atoms with Crippen molar-refractivity contribution in [2.45, 2.75) is 83.6 Å². The third-order valence-corrected chi connectivity index (χ3v) is 8.91. The number of aliphatic hydroxyl groups excluding tert-OH is 1. The molecule has 3 rings (SSSR count). The number of hydrogen-bond donors (Lipinski definition) is 3. The number of cyclic esters (lactones) is 1. The summed E-state index contributed by atoms with van der Waals surface area (Å²) in [5.41, 5.74) is 0.899. The van der Waals surface area contributed by atoms with E-state index in [2.05, 4.69) is 10.6 Å². The van der Waals surface area contributed by atoms with Crippen LogP contribution in [0, 0.1) is 17.3 Å². The molecule has 11 heteroatoms. The topological polar surface area (TPSA) is 123 Å². The van der Waals surface area contributed by atoms with E-state index in [1.807, 2.05) is 58.0 Å². The van der Waals surface area contributed by atoms with Gasteiger partial charge in [-0.2, -0.15) is 0 Å². The maximum absolute atomic E-state index is 13.6. The zero-order valence-electron chi connectivity index (χ0n) is 28.0. The Morgan fingerprint density at radius 1 is 1.09 bits per heavy atom. The Kier molecular flexibility index (Phi) is 14.6. The number of rotatable bonds is 9. The van der Waals surface area contributed by atoms with Gasteiger partial charge in [-0.3, -0.25) is 9.59 Å². The van der Waals surface area contributed by atoms with Crippen LogP contribution >= 0.6 is 23.2 Å². The van der Waals surface area contributed by atoms with Crippen molar-refractivity contribution >= 4 is 41.0 Å². The van der Waals surface area contributed by atoms with Gasteiger partial charge in [0, 0.05) is 30.7 Å². The highest BCUT2D eigenvalue weighted by Gasteiger charge is 2.35. The second-order valence-electron chi connectivity index (χ2n) is 13.3. The lowest BCUT2D eigenvalue weighted by Crippen LogP contribution is -2.50. The van der Waals surface area contributed by atoms with Gasteiger partial charge in [0.25, 0.3) is 0 Å². The summed E-state index contributed by atoms with van der Waals surface area (Å²) >= 11 is 13.0. The van der Waals surface area contributed by atoms with E-state index in [-0.39, 0.29) is 37.8 Å². The van der Waals surface area contributed by atoms with Gasteiger partial charge < -0.3 is 30.0 Å². The van der Waals surface area contributed by atoms with Gasteiger partial charge >= 0.3 is 5.97 Å². The minimum atomic E-state index is -1.07. The third-order valence-electron chi connectivity index (χ3n) is 8.10. The number of hydrogen-bond acceptors (Lipinski definition) is 7. The average Bonchev–Trinajstić information content (AvgIpc) is 3.03. The summed E-state index contributed by atoms with van der Waals surface area (Å²) in [6, 6.07) is 13.5. The molecule has 0 spiro atoms. The monoisotopic (exact) mass is 690 g/mol. The summed E-state index contributed by atoms with van der Waals surface area (Å²) < 4.78 is 17.4. The Morgan fingerprint density at radius 2 is 1.79 bits per heavy atom. The van der Waals surface area contributed by atoms with Crippen LogP contribution in [-0.4, -0.2) is 67.5 Å². The molecule has 9 nitrogen and oxygen atoms in total. The fourth-order valence-corrected chi connectivity index (χ4v) is 5.87. The summed E-state index contributed by atoms with van der Waals surface area (Å²) in [6.45, 7) is 9.95. The van der Waals surface area contributed by atoms with Crippen LogP contribution in [0.2, 0.25) is 5.02 Å². The lowest BCUT2D eigenvalue weighted by Gasteiger charge is -2.32. The highest BCUT2D eigenvalue weighted by atomic mass is 35.5. The van der Waals surface area contributed by atoms with Gasteiger partial charge in [0.15, 0.2) is 6.10 Å². The minimum absolute atomic E-state index is 0.112. The van der Waals surface area contributed by atoms with Crippen molar-refractivity contribution in [2.75, 3.05) is 20.3 Å². The molecule has 0 fully saturated rings. The molecule has 2 amide bonds. The second-order valence-corrected chi connectivity index (χ2v) is 14.2. The van der Waals surface area contributed by atoms with Crippen LogP contribution in [0.1, 0.15) is 64.0 Å². The molecule has 0 saturated heterocycles. The van der Waals surface area contributed by atoms with E-state index >= 15 is 0 Å². The van der Waals surface area contributed by atoms with Gasteiger partial charge in [0.1, 0.15) is 17.9 Å². The van der Waals surface area contributed by atoms with E-state index in [4.69, 9.17) is 37.4 Å². The quantitative estimate of drug-likeness (QED) is 0.225. The van der Waals surface area contributed by atoms with Crippen molar-refractivity contribution in [2.24, 2.45) is 17.3 Å². The Hall–Kier alpha value is -3.11. The number of methoxy groups -OCH3 is 1. The number of carbonyl (C=O) groups is 3. The van der Waals surface area contributed by atoms with Crippen LogP contribution < -0.4 is 15.4 Å². The normalized spacial score (nSPS) is 24.0. The zero-order valence-corrected chi connectivity index (χ0v) is 29.5. The number of esters is 1. The summed E-state index contributed by atoms with van der Waals surface area (Å²) in [5.74, 6) is -1.42. The first-order valence-electron chi connectivity index (χ1n) is 16.0. The molecule has 0 radical (unpaired) electrons. The smallest absolute Gasteiger partial charge is 0.335 e. The van der Waals surface area contributed by atoms with Crippen LogP contribution in [0.15, 0.2) is 60.7 Å². The van der Waals surface area contributed by atoms with Crippen molar-refractivity contribution in [1.82, 2.24) is 10.6 Å². The van der Waals surface area contributed by atoms with Gasteiger partial charge in [0.05, 0.1) is 30.2 Å². The molecule has 6 atom stereocenters. The molecule has 1 unspecified atom stereocenters. The van der Waals surface area contributed by atoms with Crippen molar-refractivity contribution in [3.05, 3.63) is 76.8 Å². The maximum Gasteiger partial charge on any atom is 0.335 e. The molecule has 1 aliphatic heterocycles. The number of ether oxygens (including phenoxy) is 3. The van der Waals surface area contributed by atoms with Crippen molar-refractivity contribution in [3.63, 3.8) is 0 Å². The summed E-state index contributed by atoms with van der Waals surface area (Å²) in [6.07, 6.45) is 0.804. The van der Waals surface area contributed by atoms with Gasteiger partial charge in [-0.05, 0) is 41.7 Å². The Labute approximate surface area is 288 Å². The summed E-state index contributed by atoms with van der Waals surface area (Å²) in [7, 11) is 1.52. The predicted molar refractivity (Wildman–Crippen MR) is 183 cm³/mol. The molecule has 1 aliphatic rings. The molecule has 2 aromatic carbocycles. The Bertz CT molecular complexity index is 1370. The number of alkyl halides is 1. The molecule has 3 N–H and O–H groups in total. The molecule has 0 aliphatic carbocycles. The Balaban J connectivity index is 1.92. The summed E-state index contributed by atoms with van der Waals surface area (Å²) in [4.78, 5) is 40.2. The molecular weight excluding hydrogens is 643 g/mol. The molecule has 0 aromatic heterocycles. The number of halogens is 2. The fraction of sp³-hybridized carbons (Fsp3) is 0.528. The van der Waals surface area contributed by atoms with Crippen LogP contribution in [0.3, 0.4) is 0 Å². The highest BCUT2D eigenvalue weighted by molar-refractivity contribution is 6.32. The second kappa shape index (κ2) is 17.9. The minimum Gasteiger partial charge on any atom is -0.495 e. The van der Waals surface area contributed by atoms with Gasteiger partial charge in [-0.1, -0.05) is 88.7 Å². The first kappa shape index (κ1) is 38.3. The highest BCUT2D eigenvalue weighted by Crippen LogP contribution is 2.32. The molecule has 0 saturated carbocycles. The molecule has 47 heavy (non-hydrogen) atoms. The van der Waals surface area contributed by atoms with Gasteiger partial charge in [0.2, 0.25) is 11.8 Å². The van der Waals surface area contributed by atoms with E-state index in [0.717, 1.165) is 11.1 Å². The van der Waals surface area contributed by atoms with E-state index < -0.39 is 52.9 Å².